The van der Waals surface area contributed by atoms with E-state index in [-0.39, 0.29) is 5.56 Å². The highest BCUT2D eigenvalue weighted by atomic mass is 35.5. The summed E-state index contributed by atoms with van der Waals surface area (Å²) in [6.07, 6.45) is 0. The number of benzene rings is 2. The molecule has 0 amide bonds. The molecule has 0 saturated carbocycles. The molecule has 1 nitrogen and oxygen atoms in total. The Balaban J connectivity index is 2.56. The summed E-state index contributed by atoms with van der Waals surface area (Å²) in [6.45, 7) is 0. The molecule has 0 aliphatic heterocycles. The van der Waals surface area contributed by atoms with Gasteiger partial charge in [-0.2, -0.15) is 0 Å². The van der Waals surface area contributed by atoms with Crippen molar-refractivity contribution in [1.82, 2.24) is 5.32 Å². The number of nitrogens with one attached hydrogen (secondary N) is 1. The first kappa shape index (κ1) is 13.0. The standard InChI is InChI=1S/C14H12ClF2N/c1-18-14(9-5-2-3-6-10(9)15)13-11(16)7-4-8-12(13)17/h2-8,14,18H,1H3. The molecule has 2 aromatic rings. The Labute approximate surface area is 109 Å². The number of hydrogen-bond donors (Lipinski definition) is 1. The quantitative estimate of drug-likeness (QED) is 0.889. The van der Waals surface area contributed by atoms with Gasteiger partial charge in [0.05, 0.1) is 6.04 Å². The van der Waals surface area contributed by atoms with Crippen LogP contribution in [-0.2, 0) is 0 Å². The van der Waals surface area contributed by atoms with Gasteiger partial charge >= 0.3 is 0 Å². The SMILES string of the molecule is CNC(c1ccccc1Cl)c1c(F)cccc1F. The van der Waals surface area contributed by atoms with Gasteiger partial charge in [-0.05, 0) is 30.8 Å². The molecule has 0 radical (unpaired) electrons. The van der Waals surface area contributed by atoms with Crippen LogP contribution in [0.15, 0.2) is 42.5 Å². The summed E-state index contributed by atoms with van der Waals surface area (Å²) >= 11 is 6.07. The molecule has 0 heterocycles. The zero-order valence-electron chi connectivity index (χ0n) is 9.75. The van der Waals surface area contributed by atoms with Crippen molar-refractivity contribution in [3.05, 3.63) is 70.2 Å². The molecular formula is C14H12ClF2N. The van der Waals surface area contributed by atoms with Gasteiger partial charge in [0.25, 0.3) is 0 Å². The molecule has 2 rings (SSSR count). The monoisotopic (exact) mass is 267 g/mol. The second-order valence-electron chi connectivity index (χ2n) is 3.88. The van der Waals surface area contributed by atoms with Gasteiger partial charge in [0.1, 0.15) is 11.6 Å². The second kappa shape index (κ2) is 5.46. The van der Waals surface area contributed by atoms with Gasteiger partial charge in [0, 0.05) is 10.6 Å². The summed E-state index contributed by atoms with van der Waals surface area (Å²) in [6, 6.07) is 10.2. The summed E-state index contributed by atoms with van der Waals surface area (Å²) in [4.78, 5) is 0. The van der Waals surface area contributed by atoms with Crippen molar-refractivity contribution in [3.8, 4) is 0 Å². The van der Waals surface area contributed by atoms with Gasteiger partial charge in [-0.15, -0.1) is 0 Å². The van der Waals surface area contributed by atoms with Crippen molar-refractivity contribution in [2.45, 2.75) is 6.04 Å². The van der Waals surface area contributed by atoms with Crippen LogP contribution in [0.3, 0.4) is 0 Å². The van der Waals surface area contributed by atoms with Crippen LogP contribution in [0.5, 0.6) is 0 Å². The number of halogens is 3. The average Bonchev–Trinajstić information content (AvgIpc) is 2.35. The molecule has 0 aliphatic rings. The summed E-state index contributed by atoms with van der Waals surface area (Å²) in [5.41, 5.74) is 0.624. The fourth-order valence-electron chi connectivity index (χ4n) is 1.95. The molecule has 0 aromatic heterocycles. The summed E-state index contributed by atoms with van der Waals surface area (Å²) in [5.74, 6) is -1.18. The molecule has 2 aromatic carbocycles. The van der Waals surface area contributed by atoms with Gasteiger partial charge in [0.15, 0.2) is 0 Å². The first-order valence-corrected chi connectivity index (χ1v) is 5.88. The molecule has 0 aliphatic carbocycles. The van der Waals surface area contributed by atoms with Crippen molar-refractivity contribution >= 4 is 11.6 Å². The van der Waals surface area contributed by atoms with E-state index in [2.05, 4.69) is 5.32 Å². The molecule has 18 heavy (non-hydrogen) atoms. The zero-order chi connectivity index (χ0) is 13.1. The molecule has 94 valence electrons. The molecule has 0 fully saturated rings. The van der Waals surface area contributed by atoms with Crippen molar-refractivity contribution in [3.63, 3.8) is 0 Å². The first-order chi connectivity index (χ1) is 8.65. The maximum absolute atomic E-state index is 13.8. The Morgan fingerprint density at radius 2 is 1.61 bits per heavy atom. The number of rotatable bonds is 3. The minimum Gasteiger partial charge on any atom is -0.309 e. The minimum atomic E-state index is -0.611. The third-order valence-electron chi connectivity index (χ3n) is 2.79. The highest BCUT2D eigenvalue weighted by Gasteiger charge is 2.21. The lowest BCUT2D eigenvalue weighted by Gasteiger charge is -2.19. The smallest absolute Gasteiger partial charge is 0.131 e. The Hall–Kier alpha value is -1.45. The van der Waals surface area contributed by atoms with E-state index in [0.717, 1.165) is 0 Å². The third-order valence-corrected chi connectivity index (χ3v) is 3.14. The zero-order valence-corrected chi connectivity index (χ0v) is 10.5. The second-order valence-corrected chi connectivity index (χ2v) is 4.29. The molecule has 1 N–H and O–H groups in total. The lowest BCUT2D eigenvalue weighted by atomic mass is 9.98. The fraction of sp³-hybridized carbons (Fsp3) is 0.143. The van der Waals surface area contributed by atoms with Crippen LogP contribution in [0.2, 0.25) is 5.02 Å². The van der Waals surface area contributed by atoms with E-state index in [1.165, 1.54) is 18.2 Å². The Morgan fingerprint density at radius 3 is 2.17 bits per heavy atom. The fourth-order valence-corrected chi connectivity index (χ4v) is 2.20. The van der Waals surface area contributed by atoms with E-state index >= 15 is 0 Å². The average molecular weight is 268 g/mol. The third kappa shape index (κ3) is 2.37. The molecule has 0 spiro atoms. The number of hydrogen-bond acceptors (Lipinski definition) is 1. The van der Waals surface area contributed by atoms with Gasteiger partial charge in [-0.3, -0.25) is 0 Å². The van der Waals surface area contributed by atoms with Crippen LogP contribution < -0.4 is 5.32 Å². The van der Waals surface area contributed by atoms with Crippen molar-refractivity contribution < 1.29 is 8.78 Å². The van der Waals surface area contributed by atoms with E-state index < -0.39 is 17.7 Å². The molecule has 0 bridgehead atoms. The van der Waals surface area contributed by atoms with Crippen LogP contribution in [0.4, 0.5) is 8.78 Å². The van der Waals surface area contributed by atoms with Crippen LogP contribution in [0, 0.1) is 11.6 Å². The maximum atomic E-state index is 13.8. The van der Waals surface area contributed by atoms with E-state index in [4.69, 9.17) is 11.6 Å². The first-order valence-electron chi connectivity index (χ1n) is 5.50. The highest BCUT2D eigenvalue weighted by Crippen LogP contribution is 2.30. The summed E-state index contributed by atoms with van der Waals surface area (Å²) < 4.78 is 27.6. The molecule has 1 atom stereocenters. The molecule has 0 saturated heterocycles. The molecule has 1 unspecified atom stereocenters. The largest absolute Gasteiger partial charge is 0.309 e. The van der Waals surface area contributed by atoms with Crippen molar-refractivity contribution in [2.24, 2.45) is 0 Å². The van der Waals surface area contributed by atoms with Gasteiger partial charge < -0.3 is 5.32 Å². The van der Waals surface area contributed by atoms with Crippen LogP contribution in [0.25, 0.3) is 0 Å². The highest BCUT2D eigenvalue weighted by molar-refractivity contribution is 6.31. The van der Waals surface area contributed by atoms with E-state index in [0.29, 0.717) is 10.6 Å². The summed E-state index contributed by atoms with van der Waals surface area (Å²) in [5, 5.41) is 3.36. The predicted molar refractivity (Wildman–Crippen MR) is 68.7 cm³/mol. The van der Waals surface area contributed by atoms with Crippen molar-refractivity contribution in [1.29, 1.82) is 0 Å². The Bertz CT molecular complexity index is 537. The van der Waals surface area contributed by atoms with Gasteiger partial charge in [0.2, 0.25) is 0 Å². The Morgan fingerprint density at radius 1 is 1.00 bits per heavy atom. The Kier molecular flexibility index (Phi) is 3.94. The summed E-state index contributed by atoms with van der Waals surface area (Å²) in [7, 11) is 1.64. The minimum absolute atomic E-state index is 0.0203. The van der Waals surface area contributed by atoms with Gasteiger partial charge in [-0.1, -0.05) is 35.9 Å². The van der Waals surface area contributed by atoms with E-state index in [1.54, 1.807) is 31.3 Å². The lowest BCUT2D eigenvalue weighted by Crippen LogP contribution is -2.20. The normalized spacial score (nSPS) is 12.4. The molecular weight excluding hydrogens is 256 g/mol. The van der Waals surface area contributed by atoms with Gasteiger partial charge in [-0.25, -0.2) is 8.78 Å². The maximum Gasteiger partial charge on any atom is 0.131 e. The topological polar surface area (TPSA) is 12.0 Å². The van der Waals surface area contributed by atoms with E-state index in [9.17, 15) is 8.78 Å². The lowest BCUT2D eigenvalue weighted by molar-refractivity contribution is 0.522. The van der Waals surface area contributed by atoms with Crippen LogP contribution in [0.1, 0.15) is 17.2 Å². The van der Waals surface area contributed by atoms with E-state index in [1.807, 2.05) is 0 Å². The van der Waals surface area contributed by atoms with Crippen molar-refractivity contribution in [2.75, 3.05) is 7.05 Å². The van der Waals surface area contributed by atoms with Crippen LogP contribution >= 0.6 is 11.6 Å². The molecule has 4 heteroatoms. The van der Waals surface area contributed by atoms with Crippen LogP contribution in [-0.4, -0.2) is 7.05 Å². The predicted octanol–water partition coefficient (Wildman–Crippen LogP) is 3.93.